The molecule has 0 spiro atoms. The van der Waals surface area contributed by atoms with Crippen molar-refractivity contribution in [1.82, 2.24) is 0 Å². The van der Waals surface area contributed by atoms with Gasteiger partial charge < -0.3 is 20.4 Å². The van der Waals surface area contributed by atoms with Crippen LogP contribution in [0.25, 0.3) is 0 Å². The second-order valence-electron chi connectivity index (χ2n) is 2.18. The molecule has 4 N–H and O–H groups in total. The van der Waals surface area contributed by atoms with Gasteiger partial charge in [-0.2, -0.15) is 0 Å². The Bertz CT molecular complexity index is 167. The topological polar surface area (TPSA) is 115 Å². The minimum absolute atomic E-state index is 0.0738. The van der Waals surface area contributed by atoms with E-state index in [1.54, 1.807) is 0 Å². The normalized spacial score (nSPS) is 18.0. The van der Waals surface area contributed by atoms with E-state index in [4.69, 9.17) is 20.4 Å². The van der Waals surface area contributed by atoms with Crippen molar-refractivity contribution < 1.29 is 30.0 Å². The van der Waals surface area contributed by atoms with Crippen molar-refractivity contribution in [3.63, 3.8) is 0 Å². The summed E-state index contributed by atoms with van der Waals surface area (Å²) < 4.78 is 0. The smallest absolute Gasteiger partial charge is 0.199 e. The van der Waals surface area contributed by atoms with Crippen molar-refractivity contribution in [2.45, 2.75) is 18.3 Å². The van der Waals surface area contributed by atoms with Gasteiger partial charge in [-0.1, -0.05) is 0 Å². The zero-order valence-electron chi connectivity index (χ0n) is 6.12. The zero-order valence-corrected chi connectivity index (χ0v) is 6.12. The molecule has 3 unspecified atom stereocenters. The molecule has 0 aromatic heterocycles. The molecule has 0 fully saturated rings. The van der Waals surface area contributed by atoms with Gasteiger partial charge in [-0.3, -0.25) is 9.59 Å². The summed E-state index contributed by atoms with van der Waals surface area (Å²) in [5.74, 6) is -1.23. The van der Waals surface area contributed by atoms with Gasteiger partial charge in [0, 0.05) is 0 Å². The summed E-state index contributed by atoms with van der Waals surface area (Å²) >= 11 is 0. The van der Waals surface area contributed by atoms with Crippen molar-refractivity contribution in [2.24, 2.45) is 0 Å². The standard InChI is InChI=1S/C6H10O6/c7-1-3(9)5(11)6(12)4(10)2-8/h1,3-4,6,8-10,12H,2H2. The molecule has 0 aromatic rings. The molecule has 0 saturated carbocycles. The molecule has 70 valence electrons. The van der Waals surface area contributed by atoms with Crippen LogP contribution >= 0.6 is 0 Å². The fraction of sp³-hybridized carbons (Fsp3) is 0.667. The van der Waals surface area contributed by atoms with Gasteiger partial charge in [0.25, 0.3) is 0 Å². The number of Topliss-reactive ketones (excluding diaryl/α,β-unsaturated/α-hetero) is 1. The van der Waals surface area contributed by atoms with Gasteiger partial charge in [0.1, 0.15) is 12.2 Å². The first kappa shape index (κ1) is 11.2. The van der Waals surface area contributed by atoms with E-state index in [1.807, 2.05) is 0 Å². The first-order valence-corrected chi connectivity index (χ1v) is 3.18. The summed E-state index contributed by atoms with van der Waals surface area (Å²) in [6.07, 6.45) is -5.64. The molecule has 0 aliphatic rings. The number of aliphatic hydroxyl groups excluding tert-OH is 4. The predicted molar refractivity (Wildman–Crippen MR) is 36.2 cm³/mol. The summed E-state index contributed by atoms with van der Waals surface area (Å²) in [7, 11) is 0. The molecule has 0 aliphatic heterocycles. The third-order valence-corrected chi connectivity index (χ3v) is 1.26. The van der Waals surface area contributed by atoms with E-state index >= 15 is 0 Å². The molecule has 0 amide bonds. The summed E-state index contributed by atoms with van der Waals surface area (Å²) in [5, 5.41) is 34.3. The number of ketones is 1. The second kappa shape index (κ2) is 4.94. The lowest BCUT2D eigenvalue weighted by Crippen LogP contribution is -2.42. The number of carbonyl (C=O) groups is 2. The molecular formula is C6H10O6. The highest BCUT2D eigenvalue weighted by Crippen LogP contribution is 1.97. The van der Waals surface area contributed by atoms with Gasteiger partial charge in [0.05, 0.1) is 6.61 Å². The van der Waals surface area contributed by atoms with E-state index in [9.17, 15) is 9.59 Å². The van der Waals surface area contributed by atoms with E-state index in [0.717, 1.165) is 0 Å². The fourth-order valence-corrected chi connectivity index (χ4v) is 0.531. The Labute approximate surface area is 68.1 Å². The van der Waals surface area contributed by atoms with Crippen LogP contribution in [-0.2, 0) is 9.59 Å². The number of aldehydes is 1. The van der Waals surface area contributed by atoms with Crippen LogP contribution in [0, 0.1) is 0 Å². The highest BCUT2D eigenvalue weighted by molar-refractivity contribution is 5.98. The van der Waals surface area contributed by atoms with Crippen LogP contribution in [0.1, 0.15) is 0 Å². The van der Waals surface area contributed by atoms with Crippen LogP contribution < -0.4 is 0 Å². The lowest BCUT2D eigenvalue weighted by atomic mass is 10.1. The van der Waals surface area contributed by atoms with Gasteiger partial charge in [0.2, 0.25) is 0 Å². The Morgan fingerprint density at radius 1 is 1.33 bits per heavy atom. The monoisotopic (exact) mass is 178 g/mol. The Morgan fingerprint density at radius 2 is 1.83 bits per heavy atom. The van der Waals surface area contributed by atoms with Crippen LogP contribution in [0.3, 0.4) is 0 Å². The Kier molecular flexibility index (Phi) is 4.60. The van der Waals surface area contributed by atoms with Crippen LogP contribution in [0.5, 0.6) is 0 Å². The van der Waals surface area contributed by atoms with Crippen molar-refractivity contribution in [3.05, 3.63) is 0 Å². The van der Waals surface area contributed by atoms with E-state index in [1.165, 1.54) is 0 Å². The van der Waals surface area contributed by atoms with Gasteiger partial charge in [-0.15, -0.1) is 0 Å². The predicted octanol–water partition coefficient (Wildman–Crippen LogP) is -3.17. The molecule has 0 heterocycles. The summed E-state index contributed by atoms with van der Waals surface area (Å²) in [4.78, 5) is 20.5. The van der Waals surface area contributed by atoms with Crippen LogP contribution in [0.15, 0.2) is 0 Å². The number of rotatable bonds is 5. The molecule has 3 atom stereocenters. The van der Waals surface area contributed by atoms with Crippen molar-refractivity contribution >= 4 is 12.1 Å². The molecule has 0 bridgehead atoms. The van der Waals surface area contributed by atoms with Gasteiger partial charge in [0.15, 0.2) is 18.2 Å². The first-order chi connectivity index (χ1) is 5.54. The van der Waals surface area contributed by atoms with Gasteiger partial charge in [-0.25, -0.2) is 0 Å². The van der Waals surface area contributed by atoms with Gasteiger partial charge >= 0.3 is 0 Å². The van der Waals surface area contributed by atoms with Crippen LogP contribution in [0.4, 0.5) is 0 Å². The van der Waals surface area contributed by atoms with Crippen molar-refractivity contribution in [2.75, 3.05) is 6.61 Å². The Hall–Kier alpha value is -0.820. The molecule has 0 aliphatic carbocycles. The molecule has 0 radical (unpaired) electrons. The quantitative estimate of drug-likeness (QED) is 0.261. The highest BCUT2D eigenvalue weighted by atomic mass is 16.4. The molecular weight excluding hydrogens is 168 g/mol. The molecule has 6 heteroatoms. The molecule has 0 rings (SSSR count). The van der Waals surface area contributed by atoms with E-state index < -0.39 is 30.7 Å². The largest absolute Gasteiger partial charge is 0.394 e. The fourth-order valence-electron chi connectivity index (χ4n) is 0.531. The van der Waals surface area contributed by atoms with Crippen LogP contribution in [0.2, 0.25) is 0 Å². The summed E-state index contributed by atoms with van der Waals surface area (Å²) in [6, 6.07) is 0. The Morgan fingerprint density at radius 3 is 2.17 bits per heavy atom. The van der Waals surface area contributed by atoms with Crippen LogP contribution in [-0.4, -0.2) is 57.4 Å². The second-order valence-corrected chi connectivity index (χ2v) is 2.18. The van der Waals surface area contributed by atoms with E-state index in [-0.39, 0.29) is 6.29 Å². The highest BCUT2D eigenvalue weighted by Gasteiger charge is 2.28. The zero-order chi connectivity index (χ0) is 9.72. The number of hydrogen-bond donors (Lipinski definition) is 4. The average molecular weight is 178 g/mol. The van der Waals surface area contributed by atoms with E-state index in [0.29, 0.717) is 0 Å². The maximum Gasteiger partial charge on any atom is 0.199 e. The van der Waals surface area contributed by atoms with Crippen molar-refractivity contribution in [3.8, 4) is 0 Å². The number of aliphatic hydroxyl groups is 4. The molecule has 0 saturated heterocycles. The third-order valence-electron chi connectivity index (χ3n) is 1.26. The molecule has 12 heavy (non-hydrogen) atoms. The Balaban J connectivity index is 4.18. The van der Waals surface area contributed by atoms with Gasteiger partial charge in [-0.05, 0) is 0 Å². The lowest BCUT2D eigenvalue weighted by Gasteiger charge is -2.14. The molecule has 6 nitrogen and oxygen atoms in total. The summed E-state index contributed by atoms with van der Waals surface area (Å²) in [6.45, 7) is -0.821. The first-order valence-electron chi connectivity index (χ1n) is 3.18. The lowest BCUT2D eigenvalue weighted by molar-refractivity contribution is -0.145. The number of carbonyl (C=O) groups excluding carboxylic acids is 2. The minimum Gasteiger partial charge on any atom is -0.394 e. The SMILES string of the molecule is O=CC(O)C(=O)C(O)C(O)CO. The molecule has 0 aromatic carbocycles. The third kappa shape index (κ3) is 2.67. The van der Waals surface area contributed by atoms with E-state index in [2.05, 4.69) is 0 Å². The maximum atomic E-state index is 10.7. The maximum absolute atomic E-state index is 10.7. The minimum atomic E-state index is -1.96. The summed E-state index contributed by atoms with van der Waals surface area (Å²) in [5.41, 5.74) is 0. The number of hydrogen-bond acceptors (Lipinski definition) is 6. The average Bonchev–Trinajstić information content (AvgIpc) is 2.12. The van der Waals surface area contributed by atoms with Crippen molar-refractivity contribution in [1.29, 1.82) is 0 Å².